The van der Waals surface area contributed by atoms with Gasteiger partial charge in [0.25, 0.3) is 0 Å². The van der Waals surface area contributed by atoms with Gasteiger partial charge < -0.3 is 4.55 Å². The molecule has 5 heteroatoms. The molecule has 0 aliphatic rings. The van der Waals surface area contributed by atoms with Crippen LogP contribution in [0.1, 0.15) is 38.3 Å². The Labute approximate surface area is 110 Å². The predicted octanol–water partition coefficient (Wildman–Crippen LogP) is 2.02. The zero-order chi connectivity index (χ0) is 14.0. The van der Waals surface area contributed by atoms with E-state index in [4.69, 9.17) is 13.0 Å². The van der Waals surface area contributed by atoms with E-state index in [1.807, 2.05) is 0 Å². The van der Waals surface area contributed by atoms with Crippen molar-refractivity contribution in [2.24, 2.45) is 0 Å². The van der Waals surface area contributed by atoms with Crippen LogP contribution in [0, 0.1) is 6.92 Å². The van der Waals surface area contributed by atoms with Crippen molar-refractivity contribution >= 4 is 10.1 Å². The van der Waals surface area contributed by atoms with Gasteiger partial charge in [-0.15, -0.1) is 0 Å². The van der Waals surface area contributed by atoms with Gasteiger partial charge in [-0.2, -0.15) is 0 Å². The summed E-state index contributed by atoms with van der Waals surface area (Å²) in [4.78, 5) is 0. The first-order chi connectivity index (χ1) is 8.34. The van der Waals surface area contributed by atoms with Crippen LogP contribution in [-0.2, 0) is 16.7 Å². The van der Waals surface area contributed by atoms with Crippen molar-refractivity contribution in [3.8, 4) is 0 Å². The van der Waals surface area contributed by atoms with Crippen molar-refractivity contribution in [1.82, 2.24) is 0 Å². The maximum atomic E-state index is 9.08. The summed E-state index contributed by atoms with van der Waals surface area (Å²) in [5, 5.41) is 0. The SMILES string of the molecule is CCCCCC[n+]1ccccc1C.CS(=O)(=O)[O-]. The van der Waals surface area contributed by atoms with E-state index < -0.39 is 10.1 Å². The molecular formula is C13H23NO3S. The second-order valence-electron chi connectivity index (χ2n) is 4.30. The van der Waals surface area contributed by atoms with Crippen molar-refractivity contribution in [2.45, 2.75) is 46.1 Å². The molecule has 0 N–H and O–H groups in total. The summed E-state index contributed by atoms with van der Waals surface area (Å²) >= 11 is 0. The molecule has 0 saturated heterocycles. The second kappa shape index (κ2) is 9.05. The van der Waals surface area contributed by atoms with Gasteiger partial charge in [0.15, 0.2) is 11.9 Å². The van der Waals surface area contributed by atoms with Gasteiger partial charge in [0.2, 0.25) is 0 Å². The molecule has 1 heterocycles. The molecule has 4 nitrogen and oxygen atoms in total. The van der Waals surface area contributed by atoms with E-state index in [-0.39, 0.29) is 0 Å². The largest absolute Gasteiger partial charge is 0.748 e. The van der Waals surface area contributed by atoms with Crippen LogP contribution in [-0.4, -0.2) is 19.2 Å². The maximum Gasteiger partial charge on any atom is 0.178 e. The zero-order valence-corrected chi connectivity index (χ0v) is 12.2. The summed E-state index contributed by atoms with van der Waals surface area (Å²) in [5.74, 6) is 0. The van der Waals surface area contributed by atoms with Crippen LogP contribution >= 0.6 is 0 Å². The molecule has 0 radical (unpaired) electrons. The normalized spacial score (nSPS) is 10.7. The Morgan fingerprint density at radius 2 is 1.83 bits per heavy atom. The number of aryl methyl sites for hydroxylation is 2. The highest BCUT2D eigenvalue weighted by Crippen LogP contribution is 1.99. The summed E-state index contributed by atoms with van der Waals surface area (Å²) in [6.07, 6.45) is 8.13. The van der Waals surface area contributed by atoms with E-state index in [2.05, 4.69) is 42.8 Å². The molecule has 1 aromatic heterocycles. The average Bonchev–Trinajstić information content (AvgIpc) is 2.24. The minimum Gasteiger partial charge on any atom is -0.748 e. The van der Waals surface area contributed by atoms with E-state index >= 15 is 0 Å². The topological polar surface area (TPSA) is 61.1 Å². The van der Waals surface area contributed by atoms with Gasteiger partial charge in [0, 0.05) is 31.7 Å². The predicted molar refractivity (Wildman–Crippen MR) is 71.1 cm³/mol. The zero-order valence-electron chi connectivity index (χ0n) is 11.4. The Morgan fingerprint density at radius 1 is 1.22 bits per heavy atom. The Kier molecular flexibility index (Phi) is 8.58. The van der Waals surface area contributed by atoms with Crippen molar-refractivity contribution in [2.75, 3.05) is 6.26 Å². The minimum absolute atomic E-state index is 0.604. The Morgan fingerprint density at radius 3 is 2.33 bits per heavy atom. The van der Waals surface area contributed by atoms with Gasteiger partial charge in [0.1, 0.15) is 6.54 Å². The van der Waals surface area contributed by atoms with Crippen LogP contribution in [0.4, 0.5) is 0 Å². The fourth-order valence-corrected chi connectivity index (χ4v) is 1.52. The number of aromatic nitrogens is 1. The van der Waals surface area contributed by atoms with Crippen LogP contribution in [0.5, 0.6) is 0 Å². The number of nitrogens with zero attached hydrogens (tertiary/aromatic N) is 1. The number of rotatable bonds is 5. The van der Waals surface area contributed by atoms with Crippen molar-refractivity contribution < 1.29 is 17.5 Å². The number of unbranched alkanes of at least 4 members (excludes halogenated alkanes) is 3. The molecule has 0 bridgehead atoms. The van der Waals surface area contributed by atoms with Crippen LogP contribution in [0.2, 0.25) is 0 Å². The van der Waals surface area contributed by atoms with E-state index in [0.717, 1.165) is 0 Å². The van der Waals surface area contributed by atoms with E-state index in [1.54, 1.807) is 0 Å². The Bertz CT molecular complexity index is 422. The van der Waals surface area contributed by atoms with Crippen LogP contribution in [0.3, 0.4) is 0 Å². The second-order valence-corrected chi connectivity index (χ2v) is 5.71. The summed E-state index contributed by atoms with van der Waals surface area (Å²) < 4.78 is 29.6. The first kappa shape index (κ1) is 17.1. The molecule has 0 unspecified atom stereocenters. The van der Waals surface area contributed by atoms with Crippen LogP contribution in [0.25, 0.3) is 0 Å². The highest BCUT2D eigenvalue weighted by molar-refractivity contribution is 7.84. The molecule has 0 amide bonds. The molecule has 0 spiro atoms. The van der Waals surface area contributed by atoms with Crippen molar-refractivity contribution in [3.05, 3.63) is 30.1 Å². The van der Waals surface area contributed by atoms with Gasteiger partial charge >= 0.3 is 0 Å². The number of hydrogen-bond donors (Lipinski definition) is 0. The lowest BCUT2D eigenvalue weighted by atomic mass is 10.2. The first-order valence-electron chi connectivity index (χ1n) is 6.20. The quantitative estimate of drug-likeness (QED) is 0.468. The smallest absolute Gasteiger partial charge is 0.178 e. The van der Waals surface area contributed by atoms with Gasteiger partial charge in [0.05, 0.1) is 10.1 Å². The maximum absolute atomic E-state index is 9.08. The van der Waals surface area contributed by atoms with Crippen LogP contribution < -0.4 is 4.57 Å². The van der Waals surface area contributed by atoms with Gasteiger partial charge in [-0.05, 0) is 6.42 Å². The lowest BCUT2D eigenvalue weighted by Gasteiger charge is -1.99. The van der Waals surface area contributed by atoms with Crippen molar-refractivity contribution in [1.29, 1.82) is 0 Å². The van der Waals surface area contributed by atoms with Gasteiger partial charge in [-0.3, -0.25) is 0 Å². The summed E-state index contributed by atoms with van der Waals surface area (Å²) in [5.41, 5.74) is 1.36. The van der Waals surface area contributed by atoms with E-state index in [9.17, 15) is 0 Å². The van der Waals surface area contributed by atoms with Crippen molar-refractivity contribution in [3.63, 3.8) is 0 Å². The molecule has 104 valence electrons. The van der Waals surface area contributed by atoms with E-state index in [0.29, 0.717) is 6.26 Å². The third-order valence-corrected chi connectivity index (χ3v) is 2.42. The van der Waals surface area contributed by atoms with Gasteiger partial charge in [-0.25, -0.2) is 13.0 Å². The molecule has 1 aromatic rings. The van der Waals surface area contributed by atoms with Gasteiger partial charge in [-0.1, -0.05) is 25.8 Å². The summed E-state index contributed by atoms with van der Waals surface area (Å²) in [6.45, 7) is 5.59. The molecular weight excluding hydrogens is 250 g/mol. The highest BCUT2D eigenvalue weighted by atomic mass is 32.2. The summed E-state index contributed by atoms with van der Waals surface area (Å²) in [7, 11) is -3.92. The highest BCUT2D eigenvalue weighted by Gasteiger charge is 2.02. The number of hydrogen-bond acceptors (Lipinski definition) is 3. The van der Waals surface area contributed by atoms with E-state index in [1.165, 1.54) is 37.9 Å². The fraction of sp³-hybridized carbons (Fsp3) is 0.615. The molecule has 1 rings (SSSR count). The molecule has 0 aromatic carbocycles. The average molecular weight is 273 g/mol. The standard InChI is InChI=1S/C12H20N.CH4O3S/c1-3-4-5-7-10-13-11-8-6-9-12(13)2;1-5(2,3)4/h6,8-9,11H,3-5,7,10H2,1-2H3;1H3,(H,2,3,4)/q+1;/p-1. The third-order valence-electron chi connectivity index (χ3n) is 2.42. The molecule has 18 heavy (non-hydrogen) atoms. The monoisotopic (exact) mass is 273 g/mol. The third kappa shape index (κ3) is 11.5. The molecule has 0 atom stereocenters. The fourth-order valence-electron chi connectivity index (χ4n) is 1.52. The van der Waals surface area contributed by atoms with Crippen LogP contribution in [0.15, 0.2) is 24.4 Å². The first-order valence-corrected chi connectivity index (χ1v) is 8.02. The Balaban J connectivity index is 0.000000494. The lowest BCUT2D eigenvalue weighted by Crippen LogP contribution is -2.36. The minimum atomic E-state index is -3.92. The number of pyridine rings is 1. The summed E-state index contributed by atoms with van der Waals surface area (Å²) in [6, 6.07) is 6.37. The molecule has 0 aliphatic carbocycles. The molecule has 0 aliphatic heterocycles. The lowest BCUT2D eigenvalue weighted by molar-refractivity contribution is -0.703. The Hall–Kier alpha value is -0.940. The molecule has 0 saturated carbocycles. The molecule has 0 fully saturated rings.